The summed E-state index contributed by atoms with van der Waals surface area (Å²) >= 11 is 0. The molecule has 11 aromatic rings. The van der Waals surface area contributed by atoms with Gasteiger partial charge in [0.1, 0.15) is 0 Å². The van der Waals surface area contributed by atoms with Gasteiger partial charge in [-0.05, 0) is 50.5 Å². The summed E-state index contributed by atoms with van der Waals surface area (Å²) in [5.41, 5.74) is 10.6. The van der Waals surface area contributed by atoms with Gasteiger partial charge in [-0.3, -0.25) is 0 Å². The van der Waals surface area contributed by atoms with Crippen molar-refractivity contribution in [3.8, 4) is 56.4 Å². The molecule has 250 valence electrons. The van der Waals surface area contributed by atoms with Crippen LogP contribution in [0.4, 0.5) is 0 Å². The van der Waals surface area contributed by atoms with E-state index >= 15 is 0 Å². The summed E-state index contributed by atoms with van der Waals surface area (Å²) in [6.07, 6.45) is 0. The highest BCUT2D eigenvalue weighted by molar-refractivity contribution is 6.25. The summed E-state index contributed by atoms with van der Waals surface area (Å²) < 4.78 is 0. The van der Waals surface area contributed by atoms with Crippen molar-refractivity contribution in [1.29, 1.82) is 0 Å². The zero-order valence-electron chi connectivity index (χ0n) is 29.1. The topological polar surface area (TPSA) is 51.6 Å². The molecule has 0 saturated carbocycles. The monoisotopic (exact) mass is 686 g/mol. The van der Waals surface area contributed by atoms with Gasteiger partial charge in [-0.1, -0.05) is 164 Å². The molecule has 8 aromatic carbocycles. The molecule has 0 aliphatic heterocycles. The average molecular weight is 687 g/mol. The summed E-state index contributed by atoms with van der Waals surface area (Å²) in [5, 5.41) is 9.70. The minimum absolute atomic E-state index is 0.683. The second kappa shape index (κ2) is 12.1. The molecule has 3 heterocycles. The van der Waals surface area contributed by atoms with Gasteiger partial charge in [-0.25, -0.2) is 19.9 Å². The highest BCUT2D eigenvalue weighted by Gasteiger charge is 2.15. The van der Waals surface area contributed by atoms with Crippen LogP contribution in [-0.4, -0.2) is 19.9 Å². The normalized spacial score (nSPS) is 11.7. The van der Waals surface area contributed by atoms with Crippen LogP contribution in [-0.2, 0) is 0 Å². The van der Waals surface area contributed by atoms with Crippen molar-refractivity contribution in [3.05, 3.63) is 182 Å². The third-order valence-corrected chi connectivity index (χ3v) is 10.6. The van der Waals surface area contributed by atoms with Crippen molar-refractivity contribution in [2.45, 2.75) is 0 Å². The van der Waals surface area contributed by atoms with Crippen molar-refractivity contribution in [2.24, 2.45) is 0 Å². The summed E-state index contributed by atoms with van der Waals surface area (Å²) in [7, 11) is 0. The molecule has 54 heavy (non-hydrogen) atoms. The third-order valence-electron chi connectivity index (χ3n) is 10.6. The Morgan fingerprint density at radius 3 is 1.41 bits per heavy atom. The van der Waals surface area contributed by atoms with Gasteiger partial charge >= 0.3 is 0 Å². The van der Waals surface area contributed by atoms with E-state index in [0.29, 0.717) is 5.82 Å². The Morgan fingerprint density at radius 2 is 0.759 bits per heavy atom. The number of aromatic nitrogens is 4. The molecule has 0 aliphatic rings. The Balaban J connectivity index is 1.000. The summed E-state index contributed by atoms with van der Waals surface area (Å²) in [6.45, 7) is 0. The van der Waals surface area contributed by atoms with E-state index in [9.17, 15) is 0 Å². The maximum absolute atomic E-state index is 5.33. The number of hydrogen-bond donors (Lipinski definition) is 0. The van der Waals surface area contributed by atoms with Gasteiger partial charge in [-0.15, -0.1) is 0 Å². The van der Waals surface area contributed by atoms with Crippen molar-refractivity contribution < 1.29 is 0 Å². The fraction of sp³-hybridized carbons (Fsp3) is 0. The number of benzene rings is 8. The SMILES string of the molecule is c1ccc(-c2cc(-c3ccccc3)nc(-c3ccc(-c4ccc5ccc6ccc(-c7ccc8ccc9cccc%10ccc7c8c9%10)nc6c5n4)cc3)n2)cc1. The van der Waals surface area contributed by atoms with Crippen molar-refractivity contribution in [2.75, 3.05) is 0 Å². The van der Waals surface area contributed by atoms with Crippen molar-refractivity contribution >= 4 is 54.1 Å². The molecule has 0 N–H and O–H groups in total. The third kappa shape index (κ3) is 5.00. The van der Waals surface area contributed by atoms with Gasteiger partial charge in [0.05, 0.1) is 33.8 Å². The Morgan fingerprint density at radius 1 is 0.278 bits per heavy atom. The van der Waals surface area contributed by atoms with Gasteiger partial charge in [0, 0.05) is 38.6 Å². The van der Waals surface area contributed by atoms with Crippen LogP contribution in [0.5, 0.6) is 0 Å². The van der Waals surface area contributed by atoms with E-state index in [-0.39, 0.29) is 0 Å². The number of hydrogen-bond acceptors (Lipinski definition) is 4. The molecule has 0 fully saturated rings. The molecule has 0 unspecified atom stereocenters. The number of pyridine rings is 2. The Kier molecular flexibility index (Phi) is 6.82. The fourth-order valence-corrected chi connectivity index (χ4v) is 7.92. The van der Waals surface area contributed by atoms with E-state index in [1.165, 1.54) is 32.3 Å². The second-order valence-electron chi connectivity index (χ2n) is 13.8. The molecule has 0 bridgehead atoms. The van der Waals surface area contributed by atoms with E-state index < -0.39 is 0 Å². The largest absolute Gasteiger partial charge is 0.245 e. The van der Waals surface area contributed by atoms with E-state index in [4.69, 9.17) is 19.9 Å². The Bertz CT molecular complexity index is 3120. The van der Waals surface area contributed by atoms with Crippen LogP contribution >= 0.6 is 0 Å². The molecule has 0 amide bonds. The van der Waals surface area contributed by atoms with Crippen molar-refractivity contribution in [3.63, 3.8) is 0 Å². The van der Waals surface area contributed by atoms with E-state index in [1.54, 1.807) is 0 Å². The van der Waals surface area contributed by atoms with E-state index in [1.807, 2.05) is 36.4 Å². The van der Waals surface area contributed by atoms with E-state index in [0.717, 1.165) is 72.4 Å². The van der Waals surface area contributed by atoms with Crippen LogP contribution in [0, 0.1) is 0 Å². The zero-order chi connectivity index (χ0) is 35.6. The molecular formula is C50H30N4. The van der Waals surface area contributed by atoms with E-state index in [2.05, 4.69) is 146 Å². The first kappa shape index (κ1) is 30.3. The second-order valence-corrected chi connectivity index (χ2v) is 13.8. The standard InChI is InChI=1S/C50H30N4/c1-3-8-31(9-4-1)44-30-45(32-10-5-2-6-11-32)54-50(53-44)39-20-14-33(15-21-39)42-28-24-37-18-19-38-25-29-43(52-49(38)48(37)51-42)40-26-22-36-17-16-34-12-7-13-35-23-27-41(40)47(36)46(34)35/h1-30H. The van der Waals surface area contributed by atoms with Crippen LogP contribution in [0.1, 0.15) is 0 Å². The predicted octanol–water partition coefficient (Wildman–Crippen LogP) is 12.8. The minimum Gasteiger partial charge on any atom is -0.245 e. The average Bonchev–Trinajstić information content (AvgIpc) is 3.25. The molecule has 0 spiro atoms. The van der Waals surface area contributed by atoms with Gasteiger partial charge in [-0.2, -0.15) is 0 Å². The van der Waals surface area contributed by atoms with Gasteiger partial charge < -0.3 is 0 Å². The lowest BCUT2D eigenvalue weighted by molar-refractivity contribution is 1.18. The first-order chi connectivity index (χ1) is 26.7. The molecule has 4 heteroatoms. The summed E-state index contributed by atoms with van der Waals surface area (Å²) in [4.78, 5) is 20.6. The lowest BCUT2D eigenvalue weighted by atomic mass is 9.91. The van der Waals surface area contributed by atoms with Crippen LogP contribution in [0.2, 0.25) is 0 Å². The first-order valence-electron chi connectivity index (χ1n) is 18.2. The lowest BCUT2D eigenvalue weighted by Gasteiger charge is -2.14. The van der Waals surface area contributed by atoms with Crippen LogP contribution < -0.4 is 0 Å². The number of rotatable bonds is 5. The minimum atomic E-state index is 0.683. The van der Waals surface area contributed by atoms with Gasteiger partial charge in [0.25, 0.3) is 0 Å². The van der Waals surface area contributed by atoms with Crippen LogP contribution in [0.3, 0.4) is 0 Å². The van der Waals surface area contributed by atoms with Gasteiger partial charge in [0.15, 0.2) is 5.82 Å². The molecule has 0 aliphatic carbocycles. The zero-order valence-corrected chi connectivity index (χ0v) is 29.1. The maximum Gasteiger partial charge on any atom is 0.160 e. The molecule has 3 aromatic heterocycles. The highest BCUT2D eigenvalue weighted by atomic mass is 14.9. The van der Waals surface area contributed by atoms with Crippen molar-refractivity contribution in [1.82, 2.24) is 19.9 Å². The first-order valence-corrected chi connectivity index (χ1v) is 18.2. The molecule has 0 atom stereocenters. The Labute approximate surface area is 311 Å². The highest BCUT2D eigenvalue weighted by Crippen LogP contribution is 2.39. The predicted molar refractivity (Wildman–Crippen MR) is 224 cm³/mol. The quantitative estimate of drug-likeness (QED) is 0.169. The molecular weight excluding hydrogens is 657 g/mol. The molecule has 0 radical (unpaired) electrons. The lowest BCUT2D eigenvalue weighted by Crippen LogP contribution is -1.96. The smallest absolute Gasteiger partial charge is 0.160 e. The van der Waals surface area contributed by atoms with Crippen LogP contribution in [0.15, 0.2) is 182 Å². The van der Waals surface area contributed by atoms with Crippen LogP contribution in [0.25, 0.3) is 111 Å². The molecule has 0 saturated heterocycles. The number of nitrogens with zero attached hydrogens (tertiary/aromatic N) is 4. The summed E-state index contributed by atoms with van der Waals surface area (Å²) in [6, 6.07) is 63.7. The fourth-order valence-electron chi connectivity index (χ4n) is 7.92. The number of fused-ring (bicyclic) bond motifs is 3. The molecule has 4 nitrogen and oxygen atoms in total. The molecule has 11 rings (SSSR count). The maximum atomic E-state index is 5.33. The Hall–Kier alpha value is -7.30. The van der Waals surface area contributed by atoms with Gasteiger partial charge in [0.2, 0.25) is 0 Å². The summed E-state index contributed by atoms with van der Waals surface area (Å²) in [5.74, 6) is 0.683.